The zero-order valence-corrected chi connectivity index (χ0v) is 53.5. The molecule has 86 heavy (non-hydrogen) atoms. The summed E-state index contributed by atoms with van der Waals surface area (Å²) < 4.78 is 22.9. The van der Waals surface area contributed by atoms with Crippen molar-refractivity contribution in [3.05, 3.63) is 109 Å². The van der Waals surface area contributed by atoms with Crippen molar-refractivity contribution in [3.8, 4) is 0 Å². The largest absolute Gasteiger partial charge is 0.394 e. The van der Waals surface area contributed by atoms with E-state index in [-0.39, 0.29) is 12.5 Å². The molecule has 14 nitrogen and oxygen atoms in total. The second kappa shape index (κ2) is 55.7. The number of carbonyl (C=O) groups excluding carboxylic acids is 1. The Morgan fingerprint density at radius 3 is 1.23 bits per heavy atom. The van der Waals surface area contributed by atoms with Gasteiger partial charge in [0, 0.05) is 6.42 Å². The molecule has 0 saturated carbocycles. The molecule has 1 amide bonds. The molecule has 0 aromatic carbocycles. The van der Waals surface area contributed by atoms with Gasteiger partial charge in [0.05, 0.1) is 32.0 Å². The lowest BCUT2D eigenvalue weighted by Crippen LogP contribution is -2.65. The second-order valence-electron chi connectivity index (χ2n) is 23.6. The number of carbonyl (C=O) groups is 1. The number of unbranched alkanes of at least 4 members (excludes halogenated alkanes) is 23. The highest BCUT2D eigenvalue weighted by Gasteiger charge is 2.51. The molecule has 0 bridgehead atoms. The van der Waals surface area contributed by atoms with Gasteiger partial charge in [-0.3, -0.25) is 4.79 Å². The first kappa shape index (κ1) is 78.7. The van der Waals surface area contributed by atoms with E-state index >= 15 is 0 Å². The average Bonchev–Trinajstić information content (AvgIpc) is 1.83. The smallest absolute Gasteiger partial charge is 0.220 e. The molecule has 0 spiro atoms. The first-order valence-electron chi connectivity index (χ1n) is 34.1. The minimum absolute atomic E-state index is 0.217. The fraction of sp³-hybridized carbons (Fsp3) is 0.736. The van der Waals surface area contributed by atoms with Crippen LogP contribution in [0, 0.1) is 0 Å². The van der Waals surface area contributed by atoms with Crippen LogP contribution >= 0.6 is 0 Å². The molecule has 2 rings (SSSR count). The van der Waals surface area contributed by atoms with Crippen molar-refractivity contribution in [1.29, 1.82) is 0 Å². The Morgan fingerprint density at radius 2 is 0.802 bits per heavy atom. The van der Waals surface area contributed by atoms with Crippen LogP contribution in [0.2, 0.25) is 0 Å². The highest BCUT2D eigenvalue weighted by molar-refractivity contribution is 5.76. The molecule has 12 atom stereocenters. The lowest BCUT2D eigenvalue weighted by molar-refractivity contribution is -0.359. The van der Waals surface area contributed by atoms with Crippen LogP contribution in [0.15, 0.2) is 109 Å². The fourth-order valence-corrected chi connectivity index (χ4v) is 10.6. The average molecular weight is 1210 g/mol. The summed E-state index contributed by atoms with van der Waals surface area (Å²) in [6.45, 7) is 2.74. The molecule has 2 heterocycles. The normalized spacial score (nSPS) is 24.1. The molecule has 0 radical (unpaired) electrons. The lowest BCUT2D eigenvalue weighted by atomic mass is 9.97. The van der Waals surface area contributed by atoms with Gasteiger partial charge in [-0.2, -0.15) is 0 Å². The molecule has 2 saturated heterocycles. The highest BCUT2D eigenvalue weighted by atomic mass is 16.7. The quantitative estimate of drug-likeness (QED) is 0.0204. The third kappa shape index (κ3) is 39.6. The third-order valence-corrected chi connectivity index (χ3v) is 16.0. The summed E-state index contributed by atoms with van der Waals surface area (Å²) in [5.74, 6) is -0.217. The maximum atomic E-state index is 13.3. The molecule has 14 heteroatoms. The van der Waals surface area contributed by atoms with E-state index in [9.17, 15) is 45.6 Å². The third-order valence-electron chi connectivity index (χ3n) is 16.0. The van der Waals surface area contributed by atoms with Gasteiger partial charge >= 0.3 is 0 Å². The van der Waals surface area contributed by atoms with Gasteiger partial charge in [-0.25, -0.2) is 0 Å². The van der Waals surface area contributed by atoms with Crippen LogP contribution in [-0.2, 0) is 23.7 Å². The highest BCUT2D eigenvalue weighted by Crippen LogP contribution is 2.30. The van der Waals surface area contributed by atoms with Crippen LogP contribution in [0.1, 0.15) is 245 Å². The van der Waals surface area contributed by atoms with Gasteiger partial charge in [0.15, 0.2) is 12.6 Å². The number of ether oxygens (including phenoxy) is 4. The van der Waals surface area contributed by atoms with E-state index in [0.717, 1.165) is 109 Å². The SMILES string of the molecule is CC/C=C\C/C=C\C/C=C\C/C=C\C/C=C\C/C=C\C/C=C\C/C=C\C/C=C\CCCCCCCCCCCC(=O)NC(COC1OC(CO)C(OC2OC(CO)C(O)C(O)C2O)C(O)C1O)C(O)CCCCCCCCCCCCCCCCC. The van der Waals surface area contributed by atoms with Gasteiger partial charge in [-0.1, -0.05) is 264 Å². The molecule has 494 valence electrons. The Hall–Kier alpha value is -3.35. The summed E-state index contributed by atoms with van der Waals surface area (Å²) in [6, 6.07) is -0.839. The molecule has 2 aliphatic heterocycles. The summed E-state index contributed by atoms with van der Waals surface area (Å²) in [6.07, 6.45) is 62.4. The van der Waals surface area contributed by atoms with Gasteiger partial charge in [0.1, 0.15) is 48.8 Å². The second-order valence-corrected chi connectivity index (χ2v) is 23.6. The van der Waals surface area contributed by atoms with E-state index in [4.69, 9.17) is 18.9 Å². The predicted molar refractivity (Wildman–Crippen MR) is 350 cm³/mol. The number of amides is 1. The van der Waals surface area contributed by atoms with Gasteiger partial charge in [0.25, 0.3) is 0 Å². The predicted octanol–water partition coefficient (Wildman–Crippen LogP) is 13.6. The van der Waals surface area contributed by atoms with Crippen molar-refractivity contribution >= 4 is 5.91 Å². The lowest BCUT2D eigenvalue weighted by Gasteiger charge is -2.46. The number of rotatable bonds is 54. The standard InChI is InChI=1S/C72H123NO13/c1-3-5-7-9-11-13-15-17-19-20-21-22-23-24-25-26-27-28-29-30-31-32-33-34-35-36-37-38-39-40-42-44-46-48-50-52-54-56-64(77)73-60(61(76)55-53-51-49-47-45-43-41-18-16-14-12-10-8-6-4-2)59-83-71-69(82)67(80)70(63(58-75)85-71)86-72-68(81)66(79)65(78)62(57-74)84-72/h5,7,11,13,17,19,21-22,24-25,27-28,30-31,33-34,36-37,60-63,65-72,74-76,78-82H,3-4,6,8-10,12,14-16,18,20,23,26,29,32,35,38-59H2,1-2H3,(H,73,77)/b7-5-,13-11-,19-17-,22-21-,25-24-,28-27-,31-30-,34-33-,37-36-. The molecule has 2 fully saturated rings. The monoisotopic (exact) mass is 1210 g/mol. The first-order chi connectivity index (χ1) is 42.1. The maximum Gasteiger partial charge on any atom is 0.220 e. The van der Waals surface area contributed by atoms with E-state index in [1.54, 1.807) is 0 Å². The van der Waals surface area contributed by atoms with Crippen molar-refractivity contribution in [2.24, 2.45) is 0 Å². The van der Waals surface area contributed by atoms with Crippen LogP contribution < -0.4 is 5.32 Å². The number of allylic oxidation sites excluding steroid dienone is 18. The minimum Gasteiger partial charge on any atom is -0.394 e. The van der Waals surface area contributed by atoms with Gasteiger partial charge in [-0.05, 0) is 83.5 Å². The van der Waals surface area contributed by atoms with Gasteiger partial charge in [0.2, 0.25) is 5.91 Å². The van der Waals surface area contributed by atoms with Crippen LogP contribution in [0.4, 0.5) is 0 Å². The van der Waals surface area contributed by atoms with E-state index in [1.807, 2.05) is 0 Å². The Labute approximate surface area is 521 Å². The Kier molecular flexibility index (Phi) is 51.0. The van der Waals surface area contributed by atoms with Crippen molar-refractivity contribution < 1.29 is 64.6 Å². The van der Waals surface area contributed by atoms with E-state index in [0.29, 0.717) is 19.3 Å². The van der Waals surface area contributed by atoms with Crippen LogP contribution in [0.5, 0.6) is 0 Å². The Balaban J connectivity index is 1.64. The zero-order valence-electron chi connectivity index (χ0n) is 53.5. The first-order valence-corrected chi connectivity index (χ1v) is 34.1. The Morgan fingerprint density at radius 1 is 0.430 bits per heavy atom. The molecular weight excluding hydrogens is 1090 g/mol. The topological polar surface area (TPSA) is 228 Å². The number of aliphatic hydroxyl groups excluding tert-OH is 8. The fourth-order valence-electron chi connectivity index (χ4n) is 10.6. The van der Waals surface area contributed by atoms with E-state index in [1.165, 1.54) is 103 Å². The molecule has 2 aliphatic rings. The number of aliphatic hydroxyl groups is 8. The number of nitrogens with one attached hydrogen (secondary N) is 1. The van der Waals surface area contributed by atoms with E-state index in [2.05, 4.69) is 129 Å². The molecular formula is C72H123NO13. The summed E-state index contributed by atoms with van der Waals surface area (Å²) in [7, 11) is 0. The summed E-state index contributed by atoms with van der Waals surface area (Å²) in [5.41, 5.74) is 0. The van der Waals surface area contributed by atoms with Crippen molar-refractivity contribution in [3.63, 3.8) is 0 Å². The molecule has 0 aliphatic carbocycles. The minimum atomic E-state index is -1.79. The number of hydrogen-bond acceptors (Lipinski definition) is 13. The summed E-state index contributed by atoms with van der Waals surface area (Å²) >= 11 is 0. The maximum absolute atomic E-state index is 13.3. The summed E-state index contributed by atoms with van der Waals surface area (Å²) in [5, 5.41) is 87.4. The van der Waals surface area contributed by atoms with Crippen molar-refractivity contribution in [1.82, 2.24) is 5.32 Å². The van der Waals surface area contributed by atoms with Crippen molar-refractivity contribution in [2.75, 3.05) is 19.8 Å². The van der Waals surface area contributed by atoms with Crippen LogP contribution in [0.3, 0.4) is 0 Å². The summed E-state index contributed by atoms with van der Waals surface area (Å²) in [4.78, 5) is 13.3. The van der Waals surface area contributed by atoms with Gasteiger partial charge < -0.3 is 65.1 Å². The Bertz CT molecular complexity index is 1860. The molecule has 12 unspecified atom stereocenters. The zero-order chi connectivity index (χ0) is 62.3. The van der Waals surface area contributed by atoms with Gasteiger partial charge in [-0.15, -0.1) is 0 Å². The molecule has 9 N–H and O–H groups in total. The molecule has 0 aromatic heterocycles. The van der Waals surface area contributed by atoms with Crippen molar-refractivity contribution in [2.45, 2.75) is 319 Å². The van der Waals surface area contributed by atoms with Crippen LogP contribution in [-0.4, -0.2) is 140 Å². The number of hydrogen-bond donors (Lipinski definition) is 9. The van der Waals surface area contributed by atoms with Crippen LogP contribution in [0.25, 0.3) is 0 Å². The molecule has 0 aromatic rings. The van der Waals surface area contributed by atoms with E-state index < -0.39 is 86.8 Å².